The van der Waals surface area contributed by atoms with Crippen LogP contribution < -0.4 is 10.6 Å². The number of hydrogen-bond acceptors (Lipinski definition) is 7. The number of hydrogen-bond donors (Lipinski definition) is 4. The van der Waals surface area contributed by atoms with Crippen LogP contribution in [0.25, 0.3) is 0 Å². The molecule has 0 unspecified atom stereocenters. The Morgan fingerprint density at radius 2 is 1.45 bits per heavy atom. The van der Waals surface area contributed by atoms with Crippen LogP contribution in [0.15, 0.2) is 84.9 Å². The molecule has 4 atom stereocenters. The molecule has 10 nitrogen and oxygen atoms in total. The average Bonchev–Trinajstić information content (AvgIpc) is 3.04. The highest BCUT2D eigenvalue weighted by Crippen LogP contribution is 2.21. The number of carbonyl (C=O) groups excluding carboxylic acids is 3. The minimum absolute atomic E-state index is 0.000422. The Balaban J connectivity index is 1.48. The largest absolute Gasteiger partial charge is 0.508 e. The maximum Gasteiger partial charge on any atom is 0.408 e. The van der Waals surface area contributed by atoms with Crippen LogP contribution in [0.2, 0.25) is 0 Å². The smallest absolute Gasteiger partial charge is 0.408 e. The number of benzene rings is 3. The minimum Gasteiger partial charge on any atom is -0.508 e. The van der Waals surface area contributed by atoms with Crippen molar-refractivity contribution in [1.29, 1.82) is 0 Å². The van der Waals surface area contributed by atoms with Crippen LogP contribution in [0.1, 0.15) is 44.4 Å². The Labute approximate surface area is 277 Å². The average molecular weight is 645 g/mol. The standard InChI is InChI=1S/C37H48N4O6/c1-26(38-34(44)33(39-36(46)47-37(2,3)4)23-29-15-17-32(43)18-16-29)35(45)41-20-19-40(24-30(41)21-27-11-7-5-8-12-27)31(25-42)22-28-13-9-6-10-14-28/h5-18,26,30-31,33,42-43H,19-25H2,1-4H3,(H,38,44)(H,39,46)/t26-,30+,31+,33+/m1/s1. The molecule has 1 aliphatic rings. The first-order chi connectivity index (χ1) is 22.4. The van der Waals surface area contributed by atoms with Crippen molar-refractivity contribution < 1.29 is 29.3 Å². The number of aliphatic hydroxyl groups is 1. The van der Waals surface area contributed by atoms with Crippen LogP contribution in [0, 0.1) is 0 Å². The van der Waals surface area contributed by atoms with Crippen molar-refractivity contribution in [2.24, 2.45) is 0 Å². The van der Waals surface area contributed by atoms with Gasteiger partial charge in [0.2, 0.25) is 11.8 Å². The normalized spacial score (nSPS) is 17.3. The van der Waals surface area contributed by atoms with Gasteiger partial charge in [-0.3, -0.25) is 14.5 Å². The molecule has 3 aromatic rings. The number of phenolic OH excluding ortho intramolecular Hbond substituents is 1. The van der Waals surface area contributed by atoms with Crippen LogP contribution in [0.5, 0.6) is 5.75 Å². The first-order valence-electron chi connectivity index (χ1n) is 16.2. The third-order valence-corrected chi connectivity index (χ3v) is 8.27. The van der Waals surface area contributed by atoms with E-state index in [1.807, 2.05) is 53.4 Å². The van der Waals surface area contributed by atoms with E-state index < -0.39 is 29.7 Å². The number of amides is 3. The number of nitrogens with zero attached hydrogens (tertiary/aromatic N) is 2. The molecule has 3 aromatic carbocycles. The third kappa shape index (κ3) is 10.8. The van der Waals surface area contributed by atoms with Crippen LogP contribution in [-0.2, 0) is 33.6 Å². The molecule has 4 N–H and O–H groups in total. The van der Waals surface area contributed by atoms with Gasteiger partial charge in [-0.15, -0.1) is 0 Å². The highest BCUT2D eigenvalue weighted by molar-refractivity contribution is 5.91. The maximum atomic E-state index is 14.0. The minimum atomic E-state index is -1.02. The summed E-state index contributed by atoms with van der Waals surface area (Å²) in [6, 6.07) is 24.3. The van der Waals surface area contributed by atoms with Crippen LogP contribution in [-0.4, -0.2) is 93.9 Å². The Morgan fingerprint density at radius 1 is 0.851 bits per heavy atom. The van der Waals surface area contributed by atoms with Crippen LogP contribution >= 0.6 is 0 Å². The van der Waals surface area contributed by atoms with Gasteiger partial charge in [0.15, 0.2) is 0 Å². The lowest BCUT2D eigenvalue weighted by Gasteiger charge is -2.45. The van der Waals surface area contributed by atoms with Crippen LogP contribution in [0.3, 0.4) is 0 Å². The summed E-state index contributed by atoms with van der Waals surface area (Å²) in [5.74, 6) is -0.654. The molecule has 0 radical (unpaired) electrons. The summed E-state index contributed by atoms with van der Waals surface area (Å²) in [6.07, 6.45) is 0.703. The number of aliphatic hydroxyl groups excluding tert-OH is 1. The number of carbonyl (C=O) groups is 3. The molecule has 0 aromatic heterocycles. The Kier molecular flexibility index (Phi) is 12.4. The van der Waals surface area contributed by atoms with Crippen molar-refractivity contribution in [3.63, 3.8) is 0 Å². The van der Waals surface area contributed by atoms with Crippen molar-refractivity contribution in [2.75, 3.05) is 26.2 Å². The summed E-state index contributed by atoms with van der Waals surface area (Å²) in [7, 11) is 0. The number of rotatable bonds is 12. The van der Waals surface area contributed by atoms with Gasteiger partial charge in [-0.25, -0.2) is 4.79 Å². The summed E-state index contributed by atoms with van der Waals surface area (Å²) in [4.78, 5) is 44.4. The molecule has 1 saturated heterocycles. The number of alkyl carbamates (subject to hydrolysis) is 1. The number of aromatic hydroxyl groups is 1. The summed E-state index contributed by atoms with van der Waals surface area (Å²) in [5, 5.41) is 25.5. The molecule has 0 aliphatic carbocycles. The van der Waals surface area contributed by atoms with E-state index in [-0.39, 0.29) is 36.8 Å². The molecule has 0 saturated carbocycles. The molecule has 1 fully saturated rings. The molecule has 0 bridgehead atoms. The van der Waals surface area contributed by atoms with E-state index in [0.717, 1.165) is 11.1 Å². The van der Waals surface area contributed by atoms with Gasteiger partial charge < -0.3 is 30.5 Å². The molecule has 1 aliphatic heterocycles. The quantitative estimate of drug-likeness (QED) is 0.237. The van der Waals surface area contributed by atoms with E-state index in [4.69, 9.17) is 4.74 Å². The molecular formula is C37H48N4O6. The van der Waals surface area contributed by atoms with E-state index >= 15 is 0 Å². The van der Waals surface area contributed by atoms with Gasteiger partial charge in [-0.1, -0.05) is 72.8 Å². The van der Waals surface area contributed by atoms with Gasteiger partial charge in [0.25, 0.3) is 0 Å². The predicted octanol–water partition coefficient (Wildman–Crippen LogP) is 3.69. The molecule has 252 valence electrons. The Hall–Kier alpha value is -4.41. The number of piperazine rings is 1. The van der Waals surface area contributed by atoms with Gasteiger partial charge in [-0.2, -0.15) is 0 Å². The van der Waals surface area contributed by atoms with Crippen molar-refractivity contribution in [1.82, 2.24) is 20.4 Å². The zero-order chi connectivity index (χ0) is 34.0. The lowest BCUT2D eigenvalue weighted by Crippen LogP contribution is -2.62. The van der Waals surface area contributed by atoms with Crippen molar-refractivity contribution in [2.45, 2.75) is 76.7 Å². The van der Waals surface area contributed by atoms with Gasteiger partial charge in [0.05, 0.1) is 6.61 Å². The van der Waals surface area contributed by atoms with E-state index in [9.17, 15) is 24.6 Å². The maximum absolute atomic E-state index is 14.0. The fraction of sp³-hybridized carbons (Fsp3) is 0.432. The molecular weight excluding hydrogens is 596 g/mol. The zero-order valence-electron chi connectivity index (χ0n) is 27.8. The second-order valence-corrected chi connectivity index (χ2v) is 13.2. The topological polar surface area (TPSA) is 131 Å². The van der Waals surface area contributed by atoms with Crippen LogP contribution in [0.4, 0.5) is 4.79 Å². The fourth-order valence-corrected chi connectivity index (χ4v) is 5.91. The second kappa shape index (κ2) is 16.4. The third-order valence-electron chi connectivity index (χ3n) is 8.27. The molecule has 10 heteroatoms. The van der Waals surface area contributed by atoms with Gasteiger partial charge in [0.1, 0.15) is 23.4 Å². The van der Waals surface area contributed by atoms with E-state index in [0.29, 0.717) is 38.0 Å². The van der Waals surface area contributed by atoms with Gasteiger partial charge >= 0.3 is 6.09 Å². The summed E-state index contributed by atoms with van der Waals surface area (Å²) < 4.78 is 5.40. The molecule has 47 heavy (non-hydrogen) atoms. The van der Waals surface area contributed by atoms with Crippen molar-refractivity contribution in [3.8, 4) is 5.75 Å². The highest BCUT2D eigenvalue weighted by Gasteiger charge is 2.36. The Bertz CT molecular complexity index is 1450. The molecule has 4 rings (SSSR count). The Morgan fingerprint density at radius 3 is 2.04 bits per heavy atom. The summed E-state index contributed by atoms with van der Waals surface area (Å²) in [5.41, 5.74) is 2.18. The monoisotopic (exact) mass is 644 g/mol. The van der Waals surface area contributed by atoms with E-state index in [1.54, 1.807) is 39.8 Å². The van der Waals surface area contributed by atoms with Gasteiger partial charge in [0, 0.05) is 38.1 Å². The number of ether oxygens (including phenoxy) is 1. The first kappa shape index (κ1) is 35.4. The molecule has 0 spiro atoms. The summed E-state index contributed by atoms with van der Waals surface area (Å²) in [6.45, 7) is 8.45. The van der Waals surface area contributed by atoms with Crippen molar-refractivity contribution >= 4 is 17.9 Å². The van der Waals surface area contributed by atoms with Crippen molar-refractivity contribution in [3.05, 3.63) is 102 Å². The first-order valence-corrected chi connectivity index (χ1v) is 16.2. The van der Waals surface area contributed by atoms with E-state index in [1.165, 1.54) is 12.1 Å². The predicted molar refractivity (Wildman–Crippen MR) is 181 cm³/mol. The fourth-order valence-electron chi connectivity index (χ4n) is 5.91. The van der Waals surface area contributed by atoms with E-state index in [2.05, 4.69) is 27.7 Å². The lowest BCUT2D eigenvalue weighted by molar-refractivity contribution is -0.141. The van der Waals surface area contributed by atoms with Gasteiger partial charge in [-0.05, 0) is 69.4 Å². The number of phenols is 1. The SMILES string of the molecule is C[C@@H](NC(=O)[C@H](Cc1ccc(O)cc1)NC(=O)OC(C)(C)C)C(=O)N1CCN([C@H](CO)Cc2ccccc2)C[C@@H]1Cc1ccccc1. The zero-order valence-corrected chi connectivity index (χ0v) is 27.8. The second-order valence-electron chi connectivity index (χ2n) is 13.2. The summed E-state index contributed by atoms with van der Waals surface area (Å²) >= 11 is 0. The molecule has 3 amide bonds. The lowest BCUT2D eigenvalue weighted by atomic mass is 9.98. The number of nitrogens with one attached hydrogen (secondary N) is 2. The molecule has 1 heterocycles. The highest BCUT2D eigenvalue weighted by atomic mass is 16.6.